The summed E-state index contributed by atoms with van der Waals surface area (Å²) in [7, 11) is 2.06. The molecular formula is C10H14NS+. The molecule has 1 aromatic carbocycles. The summed E-state index contributed by atoms with van der Waals surface area (Å²) < 4.78 is 2.13. The van der Waals surface area contributed by atoms with Crippen LogP contribution >= 0.6 is 11.8 Å². The second-order valence-corrected chi connectivity index (χ2v) is 3.39. The molecule has 0 fully saturated rings. The minimum atomic E-state index is 1.27. The van der Waals surface area contributed by atoms with E-state index in [0.717, 1.165) is 0 Å². The first kappa shape index (κ1) is 9.33. The Bertz CT molecular complexity index is 292. The van der Waals surface area contributed by atoms with Crippen molar-refractivity contribution in [1.29, 1.82) is 0 Å². The quantitative estimate of drug-likeness (QED) is 0.384. The highest BCUT2D eigenvalue weighted by Gasteiger charge is 2.06. The van der Waals surface area contributed by atoms with Gasteiger partial charge in [0, 0.05) is 13.0 Å². The second-order valence-electron chi connectivity index (χ2n) is 2.54. The molecule has 0 spiro atoms. The summed E-state index contributed by atoms with van der Waals surface area (Å²) in [6, 6.07) is 8.40. The van der Waals surface area contributed by atoms with E-state index in [1.54, 1.807) is 11.8 Å². The average molecular weight is 180 g/mol. The molecule has 1 aromatic rings. The van der Waals surface area contributed by atoms with Gasteiger partial charge in [-0.15, -0.1) is 11.8 Å². The van der Waals surface area contributed by atoms with E-state index in [-0.39, 0.29) is 0 Å². The van der Waals surface area contributed by atoms with Gasteiger partial charge < -0.3 is 0 Å². The summed E-state index contributed by atoms with van der Waals surface area (Å²) in [5.41, 5.74) is 1.27. The Morgan fingerprint density at radius 3 is 2.58 bits per heavy atom. The lowest BCUT2D eigenvalue weighted by Gasteiger charge is -2.00. The van der Waals surface area contributed by atoms with Crippen LogP contribution in [0.4, 0.5) is 5.69 Å². The molecule has 0 bridgehead atoms. The predicted octanol–water partition coefficient (Wildman–Crippen LogP) is 2.77. The summed E-state index contributed by atoms with van der Waals surface area (Å²) in [5.74, 6) is 0. The van der Waals surface area contributed by atoms with Crippen LogP contribution in [0, 0.1) is 0 Å². The highest BCUT2D eigenvalue weighted by molar-refractivity contribution is 7.98. The molecule has 0 aliphatic carbocycles. The third-order valence-electron chi connectivity index (χ3n) is 1.85. The number of hydrogen-bond donors (Lipinski definition) is 0. The molecule has 64 valence electrons. The molecule has 12 heavy (non-hydrogen) atoms. The van der Waals surface area contributed by atoms with Crippen LogP contribution in [0.1, 0.15) is 6.92 Å². The number of benzene rings is 1. The Kier molecular flexibility index (Phi) is 3.35. The molecule has 0 aromatic heterocycles. The molecule has 0 radical (unpaired) electrons. The van der Waals surface area contributed by atoms with Crippen molar-refractivity contribution in [2.24, 2.45) is 0 Å². The van der Waals surface area contributed by atoms with Gasteiger partial charge in [0.05, 0.1) is 4.90 Å². The van der Waals surface area contributed by atoms with Crippen molar-refractivity contribution in [3.05, 3.63) is 24.3 Å². The topological polar surface area (TPSA) is 3.01 Å². The molecule has 2 heteroatoms. The maximum Gasteiger partial charge on any atom is 0.218 e. The number of thioether (sulfide) groups is 1. The van der Waals surface area contributed by atoms with Gasteiger partial charge in [-0.05, 0) is 12.3 Å². The molecule has 0 N–H and O–H groups in total. The Hall–Kier alpha value is -0.760. The number of rotatable bonds is 2. The molecule has 0 saturated carbocycles. The van der Waals surface area contributed by atoms with Gasteiger partial charge in [0.1, 0.15) is 13.3 Å². The van der Waals surface area contributed by atoms with E-state index in [0.29, 0.717) is 0 Å². The van der Waals surface area contributed by atoms with Gasteiger partial charge >= 0.3 is 0 Å². The van der Waals surface area contributed by atoms with E-state index >= 15 is 0 Å². The van der Waals surface area contributed by atoms with Gasteiger partial charge in [0.2, 0.25) is 5.69 Å². The van der Waals surface area contributed by atoms with Crippen molar-refractivity contribution in [3.63, 3.8) is 0 Å². The van der Waals surface area contributed by atoms with Gasteiger partial charge in [0.25, 0.3) is 0 Å². The van der Waals surface area contributed by atoms with Gasteiger partial charge in [-0.3, -0.25) is 0 Å². The van der Waals surface area contributed by atoms with Crippen molar-refractivity contribution < 1.29 is 4.58 Å². The summed E-state index contributed by atoms with van der Waals surface area (Å²) in [6.45, 7) is 2.04. The third-order valence-corrected chi connectivity index (χ3v) is 2.64. The first-order chi connectivity index (χ1) is 5.79. The zero-order valence-corrected chi connectivity index (χ0v) is 8.56. The SMILES string of the molecule is CC=[N+](C)c1ccccc1SC. The van der Waals surface area contributed by atoms with E-state index in [4.69, 9.17) is 0 Å². The van der Waals surface area contributed by atoms with Gasteiger partial charge in [0.15, 0.2) is 0 Å². The standard InChI is InChI=1S/C10H14NS/c1-4-11(2)9-7-5-6-8-10(9)12-3/h4-8H,1-3H3/q+1. The van der Waals surface area contributed by atoms with E-state index in [2.05, 4.69) is 48.4 Å². The van der Waals surface area contributed by atoms with Crippen LogP contribution in [0.2, 0.25) is 0 Å². The number of hydrogen-bond acceptors (Lipinski definition) is 1. The lowest BCUT2D eigenvalue weighted by atomic mass is 10.3. The van der Waals surface area contributed by atoms with Crippen LogP contribution in [-0.4, -0.2) is 24.1 Å². The summed E-state index contributed by atoms with van der Waals surface area (Å²) in [4.78, 5) is 1.32. The molecular weight excluding hydrogens is 166 g/mol. The van der Waals surface area contributed by atoms with E-state index < -0.39 is 0 Å². The van der Waals surface area contributed by atoms with E-state index in [9.17, 15) is 0 Å². The van der Waals surface area contributed by atoms with Crippen LogP contribution in [-0.2, 0) is 0 Å². The number of nitrogens with zero attached hydrogens (tertiary/aromatic N) is 1. The van der Waals surface area contributed by atoms with E-state index in [1.165, 1.54) is 10.6 Å². The van der Waals surface area contributed by atoms with Crippen LogP contribution in [0.5, 0.6) is 0 Å². The Balaban J connectivity index is 3.13. The molecule has 0 unspecified atom stereocenters. The fraction of sp³-hybridized carbons (Fsp3) is 0.300. The lowest BCUT2D eigenvalue weighted by molar-refractivity contribution is -0.402. The average Bonchev–Trinajstić information content (AvgIpc) is 2.16. The van der Waals surface area contributed by atoms with Crippen molar-refractivity contribution in [2.45, 2.75) is 11.8 Å². The molecule has 0 aliphatic heterocycles. The van der Waals surface area contributed by atoms with E-state index in [1.807, 2.05) is 6.92 Å². The van der Waals surface area contributed by atoms with Gasteiger partial charge in [-0.25, -0.2) is 4.58 Å². The van der Waals surface area contributed by atoms with Crippen LogP contribution in [0.25, 0.3) is 0 Å². The van der Waals surface area contributed by atoms with Crippen LogP contribution in [0.15, 0.2) is 29.2 Å². The first-order valence-electron chi connectivity index (χ1n) is 3.95. The fourth-order valence-corrected chi connectivity index (χ4v) is 1.70. The smallest absolute Gasteiger partial charge is 0.205 e. The second kappa shape index (κ2) is 4.31. The molecule has 0 heterocycles. The highest BCUT2D eigenvalue weighted by atomic mass is 32.2. The summed E-state index contributed by atoms with van der Waals surface area (Å²) >= 11 is 1.78. The monoisotopic (exact) mass is 180 g/mol. The van der Waals surface area contributed by atoms with Gasteiger partial charge in [-0.2, -0.15) is 0 Å². The zero-order valence-electron chi connectivity index (χ0n) is 7.74. The maximum atomic E-state index is 2.14. The van der Waals surface area contributed by atoms with Crippen molar-refractivity contribution in [2.75, 3.05) is 13.3 Å². The largest absolute Gasteiger partial charge is 0.218 e. The lowest BCUT2D eigenvalue weighted by Crippen LogP contribution is -1.97. The van der Waals surface area contributed by atoms with Crippen molar-refractivity contribution >= 4 is 23.7 Å². The van der Waals surface area contributed by atoms with Crippen LogP contribution in [0.3, 0.4) is 0 Å². The molecule has 1 nitrogen and oxygen atoms in total. The molecule has 0 amide bonds. The number of para-hydroxylation sites is 1. The minimum absolute atomic E-state index is 1.27. The first-order valence-corrected chi connectivity index (χ1v) is 5.17. The van der Waals surface area contributed by atoms with Gasteiger partial charge in [-0.1, -0.05) is 12.1 Å². The normalized spacial score (nSPS) is 11.8. The Morgan fingerprint density at radius 2 is 2.00 bits per heavy atom. The van der Waals surface area contributed by atoms with Crippen molar-refractivity contribution in [1.82, 2.24) is 0 Å². The Labute approximate surface area is 78.1 Å². The molecule has 0 atom stereocenters. The Morgan fingerprint density at radius 1 is 1.33 bits per heavy atom. The summed E-state index contributed by atoms with van der Waals surface area (Å²) in [6.07, 6.45) is 4.16. The minimum Gasteiger partial charge on any atom is -0.205 e. The molecule has 0 aliphatic rings. The molecule has 0 saturated heterocycles. The third kappa shape index (κ3) is 1.89. The maximum absolute atomic E-state index is 2.14. The molecule has 1 rings (SSSR count). The fourth-order valence-electron chi connectivity index (χ4n) is 1.06. The van der Waals surface area contributed by atoms with Crippen molar-refractivity contribution in [3.8, 4) is 0 Å². The zero-order chi connectivity index (χ0) is 8.97. The highest BCUT2D eigenvalue weighted by Crippen LogP contribution is 2.25. The van der Waals surface area contributed by atoms with Crippen LogP contribution < -0.4 is 0 Å². The summed E-state index contributed by atoms with van der Waals surface area (Å²) in [5, 5.41) is 0. The predicted molar refractivity (Wildman–Crippen MR) is 55.8 cm³/mol.